The Labute approximate surface area is 140 Å². The quantitative estimate of drug-likeness (QED) is 0.175. The Balaban J connectivity index is -0.00000000750. The van der Waals surface area contributed by atoms with Crippen LogP contribution in [0.25, 0.3) is 0 Å². The Morgan fingerprint density at radius 3 is 1.08 bits per heavy atom. The summed E-state index contributed by atoms with van der Waals surface area (Å²) in [5.41, 5.74) is 0. The van der Waals surface area contributed by atoms with Crippen molar-refractivity contribution < 1.29 is 133 Å². The van der Waals surface area contributed by atoms with E-state index in [4.69, 9.17) is 14.7 Å². The van der Waals surface area contributed by atoms with Gasteiger partial charge in [-0.2, -0.15) is 0 Å². The second-order valence-corrected chi connectivity index (χ2v) is 2.95. The first-order valence-electron chi connectivity index (χ1n) is 1.13. The summed E-state index contributed by atoms with van der Waals surface area (Å²) in [6, 6.07) is 0. The molecule has 3 N–H and O–H groups in total. The zero-order valence-corrected chi connectivity index (χ0v) is 11.6. The molecule has 1 heterocycles. The maximum absolute atomic E-state index is 7.89. The second kappa shape index (κ2) is 11.0. The monoisotopic (exact) mass is 353 g/mol. The maximum Gasteiger partial charge on any atom is 1.00 e. The molecule has 1 aliphatic heterocycles. The molecule has 12 heteroatoms. The predicted octanol–water partition coefficient (Wildman–Crippen LogP) is -6.72. The van der Waals surface area contributed by atoms with Gasteiger partial charge in [-0.3, -0.25) is 0 Å². The molecule has 0 bridgehead atoms. The summed E-state index contributed by atoms with van der Waals surface area (Å²) in [4.78, 5) is 23.7. The molecular formula is H5CoLi2MnNiO5PV. The van der Waals surface area contributed by atoms with Crippen molar-refractivity contribution in [2.75, 3.05) is 0 Å². The first-order valence-corrected chi connectivity index (χ1v) is 3.06. The van der Waals surface area contributed by atoms with Crippen molar-refractivity contribution in [3.05, 3.63) is 0 Å². The molecular weight excluding hydrogens is 348 g/mol. The van der Waals surface area contributed by atoms with Crippen LogP contribution in [-0.2, 0) is 78.2 Å². The summed E-state index contributed by atoms with van der Waals surface area (Å²) in [6.45, 7) is 0. The van der Waals surface area contributed by atoms with Crippen molar-refractivity contribution >= 4 is 7.74 Å². The summed E-state index contributed by atoms with van der Waals surface area (Å²) in [7, 11) is -4.80. The number of rotatable bonds is 0. The third-order valence-electron chi connectivity index (χ3n) is 0.275. The van der Waals surface area contributed by atoms with E-state index in [9.17, 15) is 0 Å². The Bertz CT molecular complexity index is 101. The van der Waals surface area contributed by atoms with Crippen LogP contribution in [0.1, 0.15) is 2.85 Å². The van der Waals surface area contributed by atoms with Crippen molar-refractivity contribution in [2.24, 2.45) is 0 Å². The summed E-state index contributed by atoms with van der Waals surface area (Å²) in [6.07, 6.45) is 0. The SMILES string of the molecule is OP1(O)(O)OO1.[Co].[H-].[H-].[Li+].[Li+].[Mn].[Ni].[V]. The molecule has 0 aromatic carbocycles. The van der Waals surface area contributed by atoms with Crippen LogP contribution in [0.4, 0.5) is 0 Å². The Morgan fingerprint density at radius 1 is 1.00 bits per heavy atom. The average molecular weight is 353 g/mol. The molecule has 0 amide bonds. The van der Waals surface area contributed by atoms with E-state index >= 15 is 0 Å². The number of hydrogen-bond acceptors (Lipinski definition) is 5. The molecule has 1 rings (SSSR count). The van der Waals surface area contributed by atoms with Gasteiger partial charge in [0.15, 0.2) is 0 Å². The van der Waals surface area contributed by atoms with Crippen molar-refractivity contribution in [2.45, 2.75) is 0 Å². The molecule has 0 saturated carbocycles. The Hall–Kier alpha value is 3.53. The fourth-order valence-corrected chi connectivity index (χ4v) is 0.402. The molecule has 0 aliphatic carbocycles. The fraction of sp³-hybridized carbons (Fsp3) is 0. The molecule has 3 radical (unpaired) electrons. The van der Waals surface area contributed by atoms with Gasteiger partial charge in [0.05, 0.1) is 0 Å². The minimum Gasteiger partial charge on any atom is -1.00 e. The van der Waals surface area contributed by atoms with E-state index in [1.807, 2.05) is 0 Å². The summed E-state index contributed by atoms with van der Waals surface area (Å²) < 4.78 is 6.76. The largest absolute Gasteiger partial charge is 1.00 e. The third kappa shape index (κ3) is 19.2. The van der Waals surface area contributed by atoms with Gasteiger partial charge in [0.2, 0.25) is 0 Å². The smallest absolute Gasteiger partial charge is 1.00 e. The summed E-state index contributed by atoms with van der Waals surface area (Å²) in [5.74, 6) is 0. The molecule has 1 saturated heterocycles. The van der Waals surface area contributed by atoms with Crippen LogP contribution >= 0.6 is 7.74 Å². The molecule has 0 unspecified atom stereocenters. The summed E-state index contributed by atoms with van der Waals surface area (Å²) in [5, 5.41) is 0. The predicted molar refractivity (Wildman–Crippen MR) is 18.0 cm³/mol. The first kappa shape index (κ1) is 36.1. The van der Waals surface area contributed by atoms with Gasteiger partial charge >= 0.3 is 69.5 Å². The van der Waals surface area contributed by atoms with Crippen LogP contribution in [0.3, 0.4) is 0 Å². The van der Waals surface area contributed by atoms with Gasteiger partial charge in [-0.15, -0.1) is 0 Å². The van der Waals surface area contributed by atoms with E-state index < -0.39 is 7.74 Å². The topological polar surface area (TPSA) is 85.8 Å². The van der Waals surface area contributed by atoms with Crippen LogP contribution in [0.5, 0.6) is 0 Å². The molecule has 0 aromatic rings. The Kier molecular flexibility index (Phi) is 33.2. The van der Waals surface area contributed by atoms with E-state index in [0.717, 1.165) is 0 Å². The minimum absolute atomic E-state index is 0. The van der Waals surface area contributed by atoms with Crippen LogP contribution in [0, 0.1) is 0 Å². The normalized spacial score (nSPS) is 21.4. The first-order chi connectivity index (χ1) is 2.47. The van der Waals surface area contributed by atoms with Crippen molar-refractivity contribution in [1.82, 2.24) is 0 Å². The minimum atomic E-state index is -4.80. The van der Waals surface area contributed by atoms with Crippen LogP contribution in [0.15, 0.2) is 0 Å². The molecule has 5 nitrogen and oxygen atoms in total. The van der Waals surface area contributed by atoms with Crippen LogP contribution < -0.4 is 37.7 Å². The number of hydrogen-bond donors (Lipinski definition) is 3. The molecule has 0 atom stereocenters. The van der Waals surface area contributed by atoms with Crippen LogP contribution in [-0.4, -0.2) is 14.7 Å². The van der Waals surface area contributed by atoms with Crippen molar-refractivity contribution in [3.63, 3.8) is 0 Å². The third-order valence-corrected chi connectivity index (χ3v) is 0.824. The second-order valence-electron chi connectivity index (χ2n) is 0.982. The summed E-state index contributed by atoms with van der Waals surface area (Å²) >= 11 is 0. The Morgan fingerprint density at radius 2 is 1.08 bits per heavy atom. The standard InChI is InChI=1S/Co.2Li.Mn.Ni.H3O5P.V.2H/c;;;;;1-6(2,3)4-5-6;;;/h;;;;;1-3H;;;/q;2*+1;;;;;2*-1. The van der Waals surface area contributed by atoms with Gasteiger partial charge in [-0.1, -0.05) is 0 Å². The van der Waals surface area contributed by atoms with Gasteiger partial charge in [0.1, 0.15) is 0 Å². The van der Waals surface area contributed by atoms with E-state index in [0.29, 0.717) is 0 Å². The van der Waals surface area contributed by atoms with Gasteiger partial charge in [0, 0.05) is 68.9 Å². The van der Waals surface area contributed by atoms with Crippen LogP contribution in [0.2, 0.25) is 0 Å². The zero-order chi connectivity index (χ0) is 4.86. The average Bonchev–Trinajstić information content (AvgIpc) is 1.73. The van der Waals surface area contributed by atoms with Gasteiger partial charge in [-0.05, 0) is 0 Å². The van der Waals surface area contributed by atoms with Crippen molar-refractivity contribution in [3.8, 4) is 0 Å². The molecule has 0 spiro atoms. The van der Waals surface area contributed by atoms with Gasteiger partial charge in [0.25, 0.3) is 0 Å². The fourth-order valence-electron chi connectivity index (χ4n) is 0.0447. The van der Waals surface area contributed by atoms with Crippen molar-refractivity contribution in [1.29, 1.82) is 0 Å². The zero-order valence-electron chi connectivity index (χ0n) is 8.08. The van der Waals surface area contributed by atoms with E-state index in [1.54, 1.807) is 0 Å². The molecule has 12 heavy (non-hydrogen) atoms. The molecule has 1 fully saturated rings. The van der Waals surface area contributed by atoms with Gasteiger partial charge < -0.3 is 2.85 Å². The molecule has 73 valence electrons. The molecule has 0 aromatic heterocycles. The van der Waals surface area contributed by atoms with E-state index in [-0.39, 0.29) is 109 Å². The van der Waals surface area contributed by atoms with E-state index in [1.165, 1.54) is 0 Å². The van der Waals surface area contributed by atoms with E-state index in [2.05, 4.69) is 9.35 Å². The maximum atomic E-state index is 7.89. The van der Waals surface area contributed by atoms with Gasteiger partial charge in [-0.25, -0.2) is 0 Å². The molecule has 1 aliphatic rings.